The van der Waals surface area contributed by atoms with Gasteiger partial charge in [-0.15, -0.1) is 0 Å². The van der Waals surface area contributed by atoms with E-state index >= 15 is 0 Å². The van der Waals surface area contributed by atoms with Crippen molar-refractivity contribution < 1.29 is 14.3 Å². The monoisotopic (exact) mass is 356 g/mol. The standard InChI is InChI=1S/C19H24N4O3/c1-14-7-9-23(10-8-14)19-20-11-15(12-21-19)22-18(24)13-26-17-6-4-3-5-16(17)25-2/h3-6,11-12,14H,7-10,13H2,1-2H3,(H,22,24). The molecule has 1 aliphatic heterocycles. The predicted molar refractivity (Wildman–Crippen MR) is 99.8 cm³/mol. The van der Waals surface area contributed by atoms with Gasteiger partial charge in [0.1, 0.15) is 0 Å². The highest BCUT2D eigenvalue weighted by atomic mass is 16.5. The number of hydrogen-bond acceptors (Lipinski definition) is 6. The lowest BCUT2D eigenvalue weighted by Crippen LogP contribution is -2.34. The van der Waals surface area contributed by atoms with Crippen LogP contribution in [0.5, 0.6) is 11.5 Å². The number of hydrogen-bond donors (Lipinski definition) is 1. The van der Waals surface area contributed by atoms with Gasteiger partial charge in [-0.05, 0) is 30.9 Å². The van der Waals surface area contributed by atoms with Gasteiger partial charge in [-0.25, -0.2) is 9.97 Å². The number of nitrogens with one attached hydrogen (secondary N) is 1. The van der Waals surface area contributed by atoms with Crippen LogP contribution in [0.4, 0.5) is 11.6 Å². The lowest BCUT2D eigenvalue weighted by molar-refractivity contribution is -0.118. The number of rotatable bonds is 6. The Labute approximate surface area is 153 Å². The van der Waals surface area contributed by atoms with Crippen LogP contribution in [-0.2, 0) is 4.79 Å². The fourth-order valence-electron chi connectivity index (χ4n) is 2.84. The highest BCUT2D eigenvalue weighted by Crippen LogP contribution is 2.25. The summed E-state index contributed by atoms with van der Waals surface area (Å²) in [6.07, 6.45) is 5.56. The van der Waals surface area contributed by atoms with Crippen LogP contribution < -0.4 is 19.7 Å². The Morgan fingerprint density at radius 1 is 1.19 bits per heavy atom. The van der Waals surface area contributed by atoms with E-state index in [0.717, 1.165) is 31.8 Å². The number of piperidine rings is 1. The molecule has 0 bridgehead atoms. The summed E-state index contributed by atoms with van der Waals surface area (Å²) in [6.45, 7) is 4.09. The highest BCUT2D eigenvalue weighted by molar-refractivity contribution is 5.91. The van der Waals surface area contributed by atoms with E-state index in [2.05, 4.69) is 27.1 Å². The molecule has 1 N–H and O–H groups in total. The average Bonchev–Trinajstić information content (AvgIpc) is 2.68. The zero-order valence-electron chi connectivity index (χ0n) is 15.1. The molecule has 26 heavy (non-hydrogen) atoms. The van der Waals surface area contributed by atoms with E-state index in [4.69, 9.17) is 9.47 Å². The molecular formula is C19H24N4O3. The minimum atomic E-state index is -0.279. The molecular weight excluding hydrogens is 332 g/mol. The minimum absolute atomic E-state index is 0.119. The molecule has 1 aliphatic rings. The third kappa shape index (κ3) is 4.62. The van der Waals surface area contributed by atoms with Crippen molar-refractivity contribution in [3.05, 3.63) is 36.7 Å². The Morgan fingerprint density at radius 2 is 1.85 bits per heavy atom. The summed E-state index contributed by atoms with van der Waals surface area (Å²) in [5.74, 6) is 2.30. The molecule has 1 saturated heterocycles. The van der Waals surface area contributed by atoms with Crippen molar-refractivity contribution >= 4 is 17.5 Å². The number of amides is 1. The van der Waals surface area contributed by atoms with E-state index in [1.807, 2.05) is 12.1 Å². The molecule has 0 radical (unpaired) electrons. The van der Waals surface area contributed by atoms with Crippen molar-refractivity contribution in [2.45, 2.75) is 19.8 Å². The number of aromatic nitrogens is 2. The van der Waals surface area contributed by atoms with E-state index in [9.17, 15) is 4.79 Å². The van der Waals surface area contributed by atoms with Gasteiger partial charge in [0.25, 0.3) is 5.91 Å². The first kappa shape index (κ1) is 18.0. The van der Waals surface area contributed by atoms with Crippen molar-refractivity contribution in [1.82, 2.24) is 9.97 Å². The van der Waals surface area contributed by atoms with Gasteiger partial charge < -0.3 is 19.7 Å². The molecule has 0 atom stereocenters. The summed E-state index contributed by atoms with van der Waals surface area (Å²) in [5, 5.41) is 2.74. The number of carbonyl (C=O) groups is 1. The third-order valence-electron chi connectivity index (χ3n) is 4.42. The number of nitrogens with zero attached hydrogens (tertiary/aromatic N) is 3. The summed E-state index contributed by atoms with van der Waals surface area (Å²) in [7, 11) is 1.56. The Bertz CT molecular complexity index is 728. The van der Waals surface area contributed by atoms with Crippen molar-refractivity contribution in [2.75, 3.05) is 37.0 Å². The minimum Gasteiger partial charge on any atom is -0.493 e. The van der Waals surface area contributed by atoms with Gasteiger partial charge in [-0.2, -0.15) is 0 Å². The molecule has 1 fully saturated rings. The first-order chi connectivity index (χ1) is 12.7. The summed E-state index contributed by atoms with van der Waals surface area (Å²) in [5.41, 5.74) is 0.549. The molecule has 0 spiro atoms. The fraction of sp³-hybridized carbons (Fsp3) is 0.421. The van der Waals surface area contributed by atoms with Crippen LogP contribution in [0, 0.1) is 5.92 Å². The number of benzene rings is 1. The van der Waals surface area contributed by atoms with Gasteiger partial charge in [-0.3, -0.25) is 4.79 Å². The second-order valence-corrected chi connectivity index (χ2v) is 6.43. The zero-order valence-corrected chi connectivity index (χ0v) is 15.1. The Morgan fingerprint density at radius 3 is 2.50 bits per heavy atom. The molecule has 7 nitrogen and oxygen atoms in total. The van der Waals surface area contributed by atoms with Gasteiger partial charge in [0.2, 0.25) is 5.95 Å². The maximum Gasteiger partial charge on any atom is 0.262 e. The molecule has 7 heteroatoms. The van der Waals surface area contributed by atoms with Crippen molar-refractivity contribution in [3.63, 3.8) is 0 Å². The maximum atomic E-state index is 12.1. The van der Waals surface area contributed by atoms with Crippen LogP contribution in [0.2, 0.25) is 0 Å². The third-order valence-corrected chi connectivity index (χ3v) is 4.42. The molecule has 2 aromatic rings. The summed E-state index contributed by atoms with van der Waals surface area (Å²) in [4.78, 5) is 23.0. The molecule has 1 aromatic carbocycles. The topological polar surface area (TPSA) is 76.6 Å². The Balaban J connectivity index is 1.51. The van der Waals surface area contributed by atoms with Crippen LogP contribution in [0.25, 0.3) is 0 Å². The van der Waals surface area contributed by atoms with Crippen molar-refractivity contribution in [3.8, 4) is 11.5 Å². The fourth-order valence-corrected chi connectivity index (χ4v) is 2.84. The molecule has 138 valence electrons. The largest absolute Gasteiger partial charge is 0.493 e. The number of para-hydroxylation sites is 2. The number of carbonyl (C=O) groups excluding carboxylic acids is 1. The Hall–Kier alpha value is -2.83. The molecule has 1 aromatic heterocycles. The summed E-state index contributed by atoms with van der Waals surface area (Å²) < 4.78 is 10.7. The lowest BCUT2D eigenvalue weighted by Gasteiger charge is -2.30. The summed E-state index contributed by atoms with van der Waals surface area (Å²) in [6, 6.07) is 7.20. The summed E-state index contributed by atoms with van der Waals surface area (Å²) >= 11 is 0. The van der Waals surface area contributed by atoms with Crippen LogP contribution in [-0.4, -0.2) is 42.7 Å². The van der Waals surface area contributed by atoms with E-state index < -0.39 is 0 Å². The molecule has 2 heterocycles. The smallest absolute Gasteiger partial charge is 0.262 e. The lowest BCUT2D eigenvalue weighted by atomic mass is 10.00. The first-order valence-corrected chi connectivity index (χ1v) is 8.78. The van der Waals surface area contributed by atoms with Gasteiger partial charge >= 0.3 is 0 Å². The van der Waals surface area contributed by atoms with Gasteiger partial charge in [0, 0.05) is 13.1 Å². The van der Waals surface area contributed by atoms with E-state index in [1.54, 1.807) is 31.6 Å². The van der Waals surface area contributed by atoms with Crippen LogP contribution in [0.3, 0.4) is 0 Å². The SMILES string of the molecule is COc1ccccc1OCC(=O)Nc1cnc(N2CCC(C)CC2)nc1. The van der Waals surface area contributed by atoms with Gasteiger partial charge in [-0.1, -0.05) is 19.1 Å². The highest BCUT2D eigenvalue weighted by Gasteiger charge is 2.18. The van der Waals surface area contributed by atoms with Crippen LogP contribution in [0.15, 0.2) is 36.7 Å². The average molecular weight is 356 g/mol. The van der Waals surface area contributed by atoms with Crippen LogP contribution in [0.1, 0.15) is 19.8 Å². The van der Waals surface area contributed by atoms with Crippen molar-refractivity contribution in [2.24, 2.45) is 5.92 Å². The zero-order chi connectivity index (χ0) is 18.4. The molecule has 1 amide bonds. The first-order valence-electron chi connectivity index (χ1n) is 8.78. The Kier molecular flexibility index (Phi) is 5.88. The van der Waals surface area contributed by atoms with E-state index in [1.165, 1.54) is 0 Å². The second kappa shape index (κ2) is 8.51. The quantitative estimate of drug-likeness (QED) is 0.858. The number of methoxy groups -OCH3 is 1. The van der Waals surface area contributed by atoms with Crippen molar-refractivity contribution in [1.29, 1.82) is 0 Å². The maximum absolute atomic E-state index is 12.1. The normalized spacial score (nSPS) is 14.8. The molecule has 3 rings (SSSR count). The number of anilines is 2. The van der Waals surface area contributed by atoms with Gasteiger partial charge in [0.15, 0.2) is 18.1 Å². The second-order valence-electron chi connectivity index (χ2n) is 6.43. The molecule has 0 saturated carbocycles. The number of ether oxygens (including phenoxy) is 2. The predicted octanol–water partition coefficient (Wildman–Crippen LogP) is 2.74. The molecule has 0 aliphatic carbocycles. The van der Waals surface area contributed by atoms with Crippen LogP contribution >= 0.6 is 0 Å². The van der Waals surface area contributed by atoms with E-state index in [-0.39, 0.29) is 12.5 Å². The molecule has 0 unspecified atom stereocenters. The van der Waals surface area contributed by atoms with E-state index in [0.29, 0.717) is 23.1 Å². The van der Waals surface area contributed by atoms with Gasteiger partial charge in [0.05, 0.1) is 25.2 Å².